The molecule has 0 saturated carbocycles. The highest BCUT2D eigenvalue weighted by atomic mass is 79.9. The van der Waals surface area contributed by atoms with Gasteiger partial charge in [0.1, 0.15) is 11.5 Å². The Morgan fingerprint density at radius 1 is 1.47 bits per heavy atom. The highest BCUT2D eigenvalue weighted by Gasteiger charge is 2.14. The Morgan fingerprint density at radius 2 is 2.26 bits per heavy atom. The maximum atomic E-state index is 13.6. The van der Waals surface area contributed by atoms with Crippen LogP contribution < -0.4 is 5.73 Å². The first kappa shape index (κ1) is 13.8. The van der Waals surface area contributed by atoms with E-state index in [0.29, 0.717) is 23.1 Å². The molecule has 0 amide bonds. The van der Waals surface area contributed by atoms with Gasteiger partial charge >= 0.3 is 0 Å². The molecule has 0 spiro atoms. The van der Waals surface area contributed by atoms with E-state index in [0.717, 1.165) is 0 Å². The van der Waals surface area contributed by atoms with Crippen LogP contribution in [0, 0.1) is 5.82 Å². The summed E-state index contributed by atoms with van der Waals surface area (Å²) >= 11 is 3.17. The molecule has 0 aliphatic rings. The lowest BCUT2D eigenvalue weighted by molar-refractivity contribution is 0.0987. The molecule has 100 valence electrons. The van der Waals surface area contributed by atoms with E-state index in [9.17, 15) is 9.18 Å². The van der Waals surface area contributed by atoms with E-state index in [2.05, 4.69) is 26.2 Å². The van der Waals surface area contributed by atoms with E-state index in [1.807, 2.05) is 0 Å². The van der Waals surface area contributed by atoms with Crippen molar-refractivity contribution >= 4 is 21.7 Å². The van der Waals surface area contributed by atoms with Crippen molar-refractivity contribution in [2.24, 2.45) is 5.73 Å². The average molecular weight is 327 g/mol. The van der Waals surface area contributed by atoms with Crippen molar-refractivity contribution in [2.75, 3.05) is 6.54 Å². The minimum Gasteiger partial charge on any atom is -0.329 e. The standard InChI is InChI=1S/C12H12BrFN4O/c13-9-2-1-8(10(14)6-9)5-12(19)11-7-18(4-3-15)17-16-11/h1-2,6-7H,3-5,15H2. The Hall–Kier alpha value is -1.60. The van der Waals surface area contributed by atoms with Crippen LogP contribution in [-0.4, -0.2) is 27.3 Å². The van der Waals surface area contributed by atoms with E-state index >= 15 is 0 Å². The van der Waals surface area contributed by atoms with Crippen LogP contribution in [0.4, 0.5) is 4.39 Å². The molecule has 0 atom stereocenters. The fourth-order valence-electron chi connectivity index (χ4n) is 1.60. The molecule has 0 saturated heterocycles. The van der Waals surface area contributed by atoms with Gasteiger partial charge in [-0.05, 0) is 17.7 Å². The Balaban J connectivity index is 2.11. The smallest absolute Gasteiger partial charge is 0.189 e. The number of aromatic nitrogens is 3. The summed E-state index contributed by atoms with van der Waals surface area (Å²) in [7, 11) is 0. The van der Waals surface area contributed by atoms with Gasteiger partial charge in [-0.15, -0.1) is 5.10 Å². The molecule has 0 aliphatic heterocycles. The minimum atomic E-state index is -0.419. The molecule has 1 aromatic carbocycles. The van der Waals surface area contributed by atoms with Crippen molar-refractivity contribution in [1.82, 2.24) is 15.0 Å². The predicted molar refractivity (Wildman–Crippen MR) is 71.2 cm³/mol. The maximum Gasteiger partial charge on any atom is 0.189 e. The summed E-state index contributed by atoms with van der Waals surface area (Å²) in [6.45, 7) is 0.908. The van der Waals surface area contributed by atoms with Gasteiger partial charge < -0.3 is 5.73 Å². The van der Waals surface area contributed by atoms with E-state index in [1.165, 1.54) is 16.9 Å². The van der Waals surface area contributed by atoms with Gasteiger partial charge in [-0.25, -0.2) is 4.39 Å². The number of rotatable bonds is 5. The summed E-state index contributed by atoms with van der Waals surface area (Å²) in [5.74, 6) is -0.693. The van der Waals surface area contributed by atoms with E-state index in [1.54, 1.807) is 12.1 Å². The van der Waals surface area contributed by atoms with E-state index in [-0.39, 0.29) is 17.9 Å². The zero-order valence-electron chi connectivity index (χ0n) is 10.0. The van der Waals surface area contributed by atoms with Gasteiger partial charge in [0.05, 0.1) is 12.7 Å². The van der Waals surface area contributed by atoms with Gasteiger partial charge in [0, 0.05) is 17.4 Å². The molecule has 5 nitrogen and oxygen atoms in total. The molecule has 0 unspecified atom stereocenters. The SMILES string of the molecule is NCCn1cc(C(=O)Cc2ccc(Br)cc2F)nn1. The zero-order chi connectivity index (χ0) is 13.8. The van der Waals surface area contributed by atoms with Gasteiger partial charge in [0.2, 0.25) is 0 Å². The molecule has 2 N–H and O–H groups in total. The second-order valence-corrected chi connectivity index (χ2v) is 4.91. The van der Waals surface area contributed by atoms with Crippen molar-refractivity contribution in [3.8, 4) is 0 Å². The normalized spacial score (nSPS) is 10.7. The highest BCUT2D eigenvalue weighted by molar-refractivity contribution is 9.10. The van der Waals surface area contributed by atoms with Crippen molar-refractivity contribution in [3.63, 3.8) is 0 Å². The molecule has 7 heteroatoms. The Kier molecular flexibility index (Phi) is 4.39. The molecule has 1 heterocycles. The Bertz CT molecular complexity index is 599. The Morgan fingerprint density at radius 3 is 2.95 bits per heavy atom. The number of carbonyl (C=O) groups is 1. The summed E-state index contributed by atoms with van der Waals surface area (Å²) in [4.78, 5) is 11.9. The molecule has 1 aromatic heterocycles. The number of halogens is 2. The number of carbonyl (C=O) groups excluding carboxylic acids is 1. The maximum absolute atomic E-state index is 13.6. The second kappa shape index (κ2) is 6.03. The van der Waals surface area contributed by atoms with Crippen LogP contribution in [0.5, 0.6) is 0 Å². The summed E-state index contributed by atoms with van der Waals surface area (Å²) in [6, 6.07) is 4.59. The predicted octanol–water partition coefficient (Wildman–Crippen LogP) is 1.56. The molecule has 2 aromatic rings. The first-order valence-electron chi connectivity index (χ1n) is 5.67. The van der Waals surface area contributed by atoms with Gasteiger partial charge in [0.25, 0.3) is 0 Å². The van der Waals surface area contributed by atoms with Gasteiger partial charge in [-0.1, -0.05) is 27.2 Å². The Labute approximate surface area is 117 Å². The van der Waals surface area contributed by atoms with Crippen LogP contribution >= 0.6 is 15.9 Å². The summed E-state index contributed by atoms with van der Waals surface area (Å²) < 4.78 is 15.7. The number of nitrogens with two attached hydrogens (primary N) is 1. The van der Waals surface area contributed by atoms with Crippen molar-refractivity contribution < 1.29 is 9.18 Å². The first-order valence-corrected chi connectivity index (χ1v) is 6.47. The van der Waals surface area contributed by atoms with Crippen LogP contribution in [0.2, 0.25) is 0 Å². The number of benzene rings is 1. The van der Waals surface area contributed by atoms with Crippen LogP contribution in [0.25, 0.3) is 0 Å². The third kappa shape index (κ3) is 3.45. The molecule has 0 fully saturated rings. The van der Waals surface area contributed by atoms with Crippen LogP contribution in [0.1, 0.15) is 16.1 Å². The number of hydrogen-bond acceptors (Lipinski definition) is 4. The number of hydrogen-bond donors (Lipinski definition) is 1. The number of Topliss-reactive ketones (excluding diaryl/α,β-unsaturated/α-hetero) is 1. The third-order valence-corrected chi connectivity index (χ3v) is 3.04. The molecule has 19 heavy (non-hydrogen) atoms. The van der Waals surface area contributed by atoms with E-state index in [4.69, 9.17) is 5.73 Å². The molecule has 0 radical (unpaired) electrons. The lowest BCUT2D eigenvalue weighted by Crippen LogP contribution is -2.10. The highest BCUT2D eigenvalue weighted by Crippen LogP contribution is 2.16. The van der Waals surface area contributed by atoms with Crippen LogP contribution in [0.15, 0.2) is 28.9 Å². The summed E-state index contributed by atoms with van der Waals surface area (Å²) in [6.07, 6.45) is 1.48. The third-order valence-electron chi connectivity index (χ3n) is 2.55. The van der Waals surface area contributed by atoms with Crippen LogP contribution in [0.3, 0.4) is 0 Å². The van der Waals surface area contributed by atoms with E-state index < -0.39 is 5.82 Å². The minimum absolute atomic E-state index is 0.0412. The fourth-order valence-corrected chi connectivity index (χ4v) is 1.93. The fraction of sp³-hybridized carbons (Fsp3) is 0.250. The second-order valence-electron chi connectivity index (χ2n) is 3.99. The molecular formula is C12H12BrFN4O. The number of nitrogens with zero attached hydrogens (tertiary/aromatic N) is 3. The molecule has 2 rings (SSSR count). The molecular weight excluding hydrogens is 315 g/mol. The van der Waals surface area contributed by atoms with Crippen molar-refractivity contribution in [2.45, 2.75) is 13.0 Å². The monoisotopic (exact) mass is 326 g/mol. The molecule has 0 bridgehead atoms. The topological polar surface area (TPSA) is 73.8 Å². The lowest BCUT2D eigenvalue weighted by Gasteiger charge is -2.01. The zero-order valence-corrected chi connectivity index (χ0v) is 11.6. The van der Waals surface area contributed by atoms with Crippen molar-refractivity contribution in [1.29, 1.82) is 0 Å². The quantitative estimate of drug-likeness (QED) is 0.846. The van der Waals surface area contributed by atoms with Gasteiger partial charge in [-0.3, -0.25) is 9.48 Å². The lowest BCUT2D eigenvalue weighted by atomic mass is 10.1. The van der Waals surface area contributed by atoms with Crippen molar-refractivity contribution in [3.05, 3.63) is 45.9 Å². The van der Waals surface area contributed by atoms with Gasteiger partial charge in [0.15, 0.2) is 5.78 Å². The largest absolute Gasteiger partial charge is 0.329 e. The van der Waals surface area contributed by atoms with Crippen LogP contribution in [-0.2, 0) is 13.0 Å². The molecule has 0 aliphatic carbocycles. The summed E-state index contributed by atoms with van der Waals surface area (Å²) in [5, 5.41) is 7.52. The number of ketones is 1. The first-order chi connectivity index (χ1) is 9.10. The average Bonchev–Trinajstić information content (AvgIpc) is 2.82. The van der Waals surface area contributed by atoms with Gasteiger partial charge in [-0.2, -0.15) is 0 Å². The summed E-state index contributed by atoms with van der Waals surface area (Å²) in [5.41, 5.74) is 5.93.